The van der Waals surface area contributed by atoms with Crippen molar-refractivity contribution in [2.75, 3.05) is 25.0 Å². The van der Waals surface area contributed by atoms with E-state index in [-0.39, 0.29) is 11.7 Å². The van der Waals surface area contributed by atoms with Gasteiger partial charge in [-0.05, 0) is 49.5 Å². The molecule has 1 fully saturated rings. The summed E-state index contributed by atoms with van der Waals surface area (Å²) < 4.78 is 16.1. The predicted molar refractivity (Wildman–Crippen MR) is 103 cm³/mol. The Morgan fingerprint density at radius 3 is 2.70 bits per heavy atom. The molecule has 7 heteroatoms. The van der Waals surface area contributed by atoms with Crippen LogP contribution in [0.5, 0.6) is 0 Å². The van der Waals surface area contributed by atoms with Gasteiger partial charge in [-0.25, -0.2) is 9.37 Å². The average Bonchev–Trinajstić information content (AvgIpc) is 3.08. The highest BCUT2D eigenvalue weighted by Gasteiger charge is 2.15. The van der Waals surface area contributed by atoms with E-state index < -0.39 is 0 Å². The minimum atomic E-state index is -0.320. The van der Waals surface area contributed by atoms with Crippen LogP contribution in [0.4, 0.5) is 10.2 Å². The molecule has 1 aromatic carbocycles. The molecule has 0 aliphatic carbocycles. The molecule has 140 valence electrons. The number of fused-ring (bicyclic) bond motifs is 1. The van der Waals surface area contributed by atoms with Crippen molar-refractivity contribution < 1.29 is 9.18 Å². The molecule has 1 N–H and O–H groups in total. The van der Waals surface area contributed by atoms with Crippen LogP contribution < -0.4 is 5.32 Å². The van der Waals surface area contributed by atoms with E-state index in [0.717, 1.165) is 31.3 Å². The summed E-state index contributed by atoms with van der Waals surface area (Å²) in [7, 11) is 1.79. The van der Waals surface area contributed by atoms with Crippen LogP contribution in [0.2, 0.25) is 0 Å². The van der Waals surface area contributed by atoms with E-state index in [4.69, 9.17) is 0 Å². The molecule has 3 heterocycles. The SMILES string of the molecule is Cn1cc(-c2cc3cc(NC(=O)CN4CCCCC4)ncc3cc2F)cn1. The number of aryl methyl sites for hydroxylation is 1. The Balaban J connectivity index is 1.55. The van der Waals surface area contributed by atoms with E-state index in [1.54, 1.807) is 42.5 Å². The molecule has 0 spiro atoms. The predicted octanol–water partition coefficient (Wildman–Crippen LogP) is 3.20. The molecule has 0 bridgehead atoms. The number of benzene rings is 1. The molecule has 4 rings (SSSR count). The van der Waals surface area contributed by atoms with Gasteiger partial charge in [0.25, 0.3) is 0 Å². The molecule has 0 saturated carbocycles. The largest absolute Gasteiger partial charge is 0.310 e. The Morgan fingerprint density at radius 1 is 1.15 bits per heavy atom. The molecule has 0 unspecified atom stereocenters. The van der Waals surface area contributed by atoms with Gasteiger partial charge in [0, 0.05) is 36.0 Å². The lowest BCUT2D eigenvalue weighted by Gasteiger charge is -2.25. The lowest BCUT2D eigenvalue weighted by atomic mass is 10.0. The van der Waals surface area contributed by atoms with Crippen molar-refractivity contribution in [3.8, 4) is 11.1 Å². The van der Waals surface area contributed by atoms with Crippen LogP contribution in [0, 0.1) is 5.82 Å². The number of amides is 1. The number of piperidine rings is 1. The van der Waals surface area contributed by atoms with Gasteiger partial charge in [-0.2, -0.15) is 5.10 Å². The van der Waals surface area contributed by atoms with Crippen LogP contribution in [-0.2, 0) is 11.8 Å². The molecule has 6 nitrogen and oxygen atoms in total. The van der Waals surface area contributed by atoms with E-state index in [0.29, 0.717) is 28.9 Å². The van der Waals surface area contributed by atoms with Crippen molar-refractivity contribution in [2.24, 2.45) is 7.05 Å². The maximum absolute atomic E-state index is 14.4. The number of likely N-dealkylation sites (tertiary alicyclic amines) is 1. The fraction of sp³-hybridized carbons (Fsp3) is 0.350. The van der Waals surface area contributed by atoms with Crippen molar-refractivity contribution in [1.29, 1.82) is 0 Å². The quantitative estimate of drug-likeness (QED) is 0.769. The van der Waals surface area contributed by atoms with Crippen LogP contribution in [0.25, 0.3) is 21.9 Å². The highest BCUT2D eigenvalue weighted by Crippen LogP contribution is 2.28. The van der Waals surface area contributed by atoms with Crippen LogP contribution in [0.1, 0.15) is 19.3 Å². The molecule has 1 amide bonds. The summed E-state index contributed by atoms with van der Waals surface area (Å²) in [6, 6.07) is 5.01. The van der Waals surface area contributed by atoms with Gasteiger partial charge in [-0.15, -0.1) is 0 Å². The zero-order valence-electron chi connectivity index (χ0n) is 15.3. The third-order valence-electron chi connectivity index (χ3n) is 4.91. The Hall–Kier alpha value is -2.80. The van der Waals surface area contributed by atoms with E-state index in [9.17, 15) is 9.18 Å². The minimum absolute atomic E-state index is 0.0710. The fourth-order valence-corrected chi connectivity index (χ4v) is 3.52. The first-order chi connectivity index (χ1) is 13.1. The lowest BCUT2D eigenvalue weighted by molar-refractivity contribution is -0.117. The van der Waals surface area contributed by atoms with E-state index in [1.807, 2.05) is 0 Å². The molecular weight excluding hydrogens is 345 g/mol. The third-order valence-corrected chi connectivity index (χ3v) is 4.91. The molecule has 0 radical (unpaired) electrons. The van der Waals surface area contributed by atoms with Crippen molar-refractivity contribution >= 4 is 22.5 Å². The van der Waals surface area contributed by atoms with Crippen LogP contribution in [0.15, 0.2) is 36.8 Å². The Bertz CT molecular complexity index is 978. The number of halogens is 1. The summed E-state index contributed by atoms with van der Waals surface area (Å²) in [4.78, 5) is 18.7. The van der Waals surface area contributed by atoms with E-state index in [2.05, 4.69) is 20.3 Å². The molecule has 27 heavy (non-hydrogen) atoms. The van der Waals surface area contributed by atoms with Gasteiger partial charge in [-0.1, -0.05) is 6.42 Å². The van der Waals surface area contributed by atoms with Gasteiger partial charge in [0.1, 0.15) is 11.6 Å². The number of hydrogen-bond acceptors (Lipinski definition) is 4. The number of carbonyl (C=O) groups excluding carboxylic acids is 1. The zero-order chi connectivity index (χ0) is 18.8. The first-order valence-corrected chi connectivity index (χ1v) is 9.19. The molecule has 0 atom stereocenters. The first-order valence-electron chi connectivity index (χ1n) is 9.19. The topological polar surface area (TPSA) is 63.1 Å². The Morgan fingerprint density at radius 2 is 1.96 bits per heavy atom. The van der Waals surface area contributed by atoms with Gasteiger partial charge in [0.15, 0.2) is 0 Å². The number of nitrogens with one attached hydrogen (secondary N) is 1. The number of rotatable bonds is 4. The maximum Gasteiger partial charge on any atom is 0.239 e. The Kier molecular flexibility index (Phi) is 4.85. The summed E-state index contributed by atoms with van der Waals surface area (Å²) >= 11 is 0. The van der Waals surface area contributed by atoms with E-state index in [1.165, 1.54) is 12.5 Å². The summed E-state index contributed by atoms with van der Waals surface area (Å²) in [6.07, 6.45) is 8.51. The first kappa shape index (κ1) is 17.6. The molecule has 1 aliphatic rings. The van der Waals surface area contributed by atoms with Crippen LogP contribution in [0.3, 0.4) is 0 Å². The molecule has 1 aliphatic heterocycles. The van der Waals surface area contributed by atoms with E-state index >= 15 is 0 Å². The highest BCUT2D eigenvalue weighted by molar-refractivity contribution is 5.94. The lowest BCUT2D eigenvalue weighted by Crippen LogP contribution is -2.36. The summed E-state index contributed by atoms with van der Waals surface area (Å²) in [5, 5.41) is 8.47. The van der Waals surface area contributed by atoms with Crippen molar-refractivity contribution in [1.82, 2.24) is 19.7 Å². The van der Waals surface area contributed by atoms with Gasteiger partial charge in [0.2, 0.25) is 5.91 Å². The second-order valence-corrected chi connectivity index (χ2v) is 7.04. The number of nitrogens with zero attached hydrogens (tertiary/aromatic N) is 4. The number of pyridine rings is 1. The van der Waals surface area contributed by atoms with Gasteiger partial charge in [0.05, 0.1) is 12.7 Å². The molecule has 2 aromatic heterocycles. The van der Waals surface area contributed by atoms with Gasteiger partial charge < -0.3 is 5.32 Å². The average molecular weight is 367 g/mol. The summed E-state index contributed by atoms with van der Waals surface area (Å²) in [5.41, 5.74) is 1.19. The number of aromatic nitrogens is 3. The van der Waals surface area contributed by atoms with Gasteiger partial charge >= 0.3 is 0 Å². The summed E-state index contributed by atoms with van der Waals surface area (Å²) in [5.74, 6) is 0.0887. The highest BCUT2D eigenvalue weighted by atomic mass is 19.1. The monoisotopic (exact) mass is 367 g/mol. The normalized spacial score (nSPS) is 15.2. The standard InChI is InChI=1S/C20H22FN5O/c1-25-12-16(11-23-25)17-7-14-9-19(22-10-15(14)8-18(17)21)24-20(27)13-26-5-3-2-4-6-26/h7-12H,2-6,13H2,1H3,(H,22,24,27). The second-order valence-electron chi connectivity index (χ2n) is 7.04. The molecular formula is C20H22FN5O. The van der Waals surface area contributed by atoms with Gasteiger partial charge in [-0.3, -0.25) is 14.4 Å². The minimum Gasteiger partial charge on any atom is -0.310 e. The second kappa shape index (κ2) is 7.44. The van der Waals surface area contributed by atoms with Crippen LogP contribution >= 0.6 is 0 Å². The number of hydrogen-bond donors (Lipinski definition) is 1. The molecule has 1 saturated heterocycles. The summed E-state index contributed by atoms with van der Waals surface area (Å²) in [6.45, 7) is 2.31. The van der Waals surface area contributed by atoms with Crippen molar-refractivity contribution in [3.05, 3.63) is 42.6 Å². The third kappa shape index (κ3) is 3.98. The fourth-order valence-electron chi connectivity index (χ4n) is 3.52. The maximum atomic E-state index is 14.4. The Labute approximate surface area is 157 Å². The van der Waals surface area contributed by atoms with Crippen molar-refractivity contribution in [2.45, 2.75) is 19.3 Å². The van der Waals surface area contributed by atoms with Crippen LogP contribution in [-0.4, -0.2) is 45.2 Å². The van der Waals surface area contributed by atoms with Crippen molar-refractivity contribution in [3.63, 3.8) is 0 Å². The zero-order valence-corrected chi connectivity index (χ0v) is 15.3. The molecule has 3 aromatic rings. The number of anilines is 1. The smallest absolute Gasteiger partial charge is 0.239 e. The number of carbonyl (C=O) groups is 1.